The molecule has 0 saturated carbocycles. The van der Waals surface area contributed by atoms with E-state index in [1.165, 1.54) is 0 Å². The van der Waals surface area contributed by atoms with Crippen LogP contribution in [0.3, 0.4) is 0 Å². The molecule has 6 nitrogen and oxygen atoms in total. The molecule has 0 bridgehead atoms. The number of benzene rings is 3. The van der Waals surface area contributed by atoms with Gasteiger partial charge in [0.1, 0.15) is 6.61 Å². The van der Waals surface area contributed by atoms with Crippen LogP contribution >= 0.6 is 69.8 Å². The van der Waals surface area contributed by atoms with Crippen molar-refractivity contribution in [3.63, 3.8) is 0 Å². The molecule has 0 radical (unpaired) electrons. The summed E-state index contributed by atoms with van der Waals surface area (Å²) >= 11 is 20.9. The number of hydrogen-bond donors (Lipinski definition) is 1. The molecule has 3 aromatic carbocycles. The van der Waals surface area contributed by atoms with Crippen LogP contribution in [0.15, 0.2) is 65.6 Å². The van der Waals surface area contributed by atoms with Crippen LogP contribution in [0.4, 0.5) is 0 Å². The number of amides is 2. The minimum atomic E-state index is -0.423. The maximum atomic E-state index is 13.0. The van der Waals surface area contributed by atoms with Crippen molar-refractivity contribution in [2.75, 3.05) is 6.61 Å². The fraction of sp³-hybridized carbons (Fsp3) is 0.115. The molecular formula is C26H19Cl2IN2O4S2. The highest BCUT2D eigenvalue weighted by molar-refractivity contribution is 14.1. The van der Waals surface area contributed by atoms with Crippen LogP contribution < -0.4 is 14.9 Å². The van der Waals surface area contributed by atoms with Gasteiger partial charge in [0, 0.05) is 21.2 Å². The first kappa shape index (κ1) is 27.7. The van der Waals surface area contributed by atoms with Gasteiger partial charge in [0.2, 0.25) is 0 Å². The molecule has 2 amide bonds. The van der Waals surface area contributed by atoms with Gasteiger partial charge in [-0.25, -0.2) is 0 Å². The number of thioether (sulfide) groups is 1. The van der Waals surface area contributed by atoms with Crippen molar-refractivity contribution in [1.29, 1.82) is 0 Å². The normalized spacial score (nSPS) is 14.3. The lowest BCUT2D eigenvalue weighted by atomic mass is 10.1. The molecule has 190 valence electrons. The van der Waals surface area contributed by atoms with E-state index >= 15 is 0 Å². The number of nitrogens with zero attached hydrogens (tertiary/aromatic N) is 1. The number of halogens is 3. The highest BCUT2D eigenvalue weighted by Crippen LogP contribution is 2.38. The van der Waals surface area contributed by atoms with Gasteiger partial charge in [-0.3, -0.25) is 15.0 Å². The Bertz CT molecular complexity index is 1400. The molecule has 11 heteroatoms. The van der Waals surface area contributed by atoms with Crippen molar-refractivity contribution in [3.8, 4) is 11.5 Å². The van der Waals surface area contributed by atoms with Crippen LogP contribution in [0.5, 0.6) is 11.5 Å². The molecule has 0 spiro atoms. The Kier molecular flexibility index (Phi) is 9.36. The fourth-order valence-electron chi connectivity index (χ4n) is 3.33. The van der Waals surface area contributed by atoms with Crippen molar-refractivity contribution in [3.05, 3.63) is 95.9 Å². The lowest BCUT2D eigenvalue weighted by molar-refractivity contribution is -0.123. The van der Waals surface area contributed by atoms with Gasteiger partial charge < -0.3 is 9.47 Å². The average molecular weight is 685 g/mol. The Balaban J connectivity index is 1.54. The number of hydrogen-bond acceptors (Lipinski definition) is 6. The quantitative estimate of drug-likeness (QED) is 0.155. The molecule has 0 unspecified atom stereocenters. The van der Waals surface area contributed by atoms with Gasteiger partial charge in [-0.2, -0.15) is 5.01 Å². The Morgan fingerprint density at radius 3 is 2.59 bits per heavy atom. The number of carbonyl (C=O) groups excluding carboxylic acids is 2. The lowest BCUT2D eigenvalue weighted by Gasteiger charge is -2.16. The van der Waals surface area contributed by atoms with E-state index in [0.717, 1.165) is 31.5 Å². The molecule has 0 aliphatic carbocycles. The topological polar surface area (TPSA) is 67.9 Å². The summed E-state index contributed by atoms with van der Waals surface area (Å²) in [6.45, 7) is 2.52. The number of carbonyl (C=O) groups is 2. The summed E-state index contributed by atoms with van der Waals surface area (Å²) in [7, 11) is 0. The molecule has 0 atom stereocenters. The monoisotopic (exact) mass is 684 g/mol. The standard InChI is InChI=1S/C26H19Cl2IN2O4S2/c1-2-34-21-11-15(10-20(29)23(21)35-14-17-8-9-18(27)13-19(17)28)12-22-25(33)31(26(36)37-22)30-24(32)16-6-4-3-5-7-16/h3-13H,2,14H2,1H3,(H,30,32)/b22-12-. The maximum Gasteiger partial charge on any atom is 0.285 e. The maximum absolute atomic E-state index is 13.0. The number of ether oxygens (including phenoxy) is 2. The highest BCUT2D eigenvalue weighted by Gasteiger charge is 2.34. The van der Waals surface area contributed by atoms with Gasteiger partial charge in [-0.1, -0.05) is 59.2 Å². The van der Waals surface area contributed by atoms with E-state index in [1.807, 2.05) is 19.1 Å². The van der Waals surface area contributed by atoms with E-state index in [1.54, 1.807) is 54.6 Å². The van der Waals surface area contributed by atoms with E-state index in [2.05, 4.69) is 28.0 Å². The third-order valence-corrected chi connectivity index (χ3v) is 7.75. The van der Waals surface area contributed by atoms with Crippen molar-refractivity contribution >= 4 is 92.0 Å². The van der Waals surface area contributed by atoms with Gasteiger partial charge in [0.05, 0.1) is 15.1 Å². The molecular weight excluding hydrogens is 666 g/mol. The molecule has 1 N–H and O–H groups in total. The van der Waals surface area contributed by atoms with Crippen molar-refractivity contribution in [1.82, 2.24) is 10.4 Å². The summed E-state index contributed by atoms with van der Waals surface area (Å²) in [5.74, 6) is 0.255. The van der Waals surface area contributed by atoms with Crippen LogP contribution in [0.25, 0.3) is 6.08 Å². The number of thiocarbonyl (C=S) groups is 1. The minimum Gasteiger partial charge on any atom is -0.490 e. The third kappa shape index (κ3) is 6.77. The average Bonchev–Trinajstić information content (AvgIpc) is 3.12. The molecule has 1 aliphatic rings. The number of nitrogens with one attached hydrogen (secondary N) is 1. The third-order valence-electron chi connectivity index (χ3n) is 5.06. The van der Waals surface area contributed by atoms with E-state index in [4.69, 9.17) is 44.9 Å². The first-order valence-corrected chi connectivity index (χ1v) is 14.0. The van der Waals surface area contributed by atoms with E-state index in [0.29, 0.717) is 38.6 Å². The van der Waals surface area contributed by atoms with E-state index < -0.39 is 11.8 Å². The van der Waals surface area contributed by atoms with Gasteiger partial charge in [0.15, 0.2) is 15.8 Å². The minimum absolute atomic E-state index is 0.227. The number of rotatable bonds is 8. The molecule has 37 heavy (non-hydrogen) atoms. The van der Waals surface area contributed by atoms with Gasteiger partial charge in [-0.15, -0.1) is 0 Å². The first-order chi connectivity index (χ1) is 17.8. The second kappa shape index (κ2) is 12.5. The molecule has 1 aliphatic heterocycles. The van der Waals surface area contributed by atoms with Crippen molar-refractivity contribution in [2.24, 2.45) is 0 Å². The van der Waals surface area contributed by atoms with Crippen LogP contribution in [-0.2, 0) is 11.4 Å². The zero-order valence-electron chi connectivity index (χ0n) is 19.3. The van der Waals surface area contributed by atoms with Gasteiger partial charge >= 0.3 is 0 Å². The summed E-state index contributed by atoms with van der Waals surface area (Å²) in [6, 6.07) is 17.5. The summed E-state index contributed by atoms with van der Waals surface area (Å²) in [6.07, 6.45) is 1.71. The Hall–Kier alpha value is -2.31. The molecule has 3 aromatic rings. The Morgan fingerprint density at radius 2 is 1.89 bits per heavy atom. The van der Waals surface area contributed by atoms with E-state index in [9.17, 15) is 9.59 Å². The highest BCUT2D eigenvalue weighted by atomic mass is 127. The molecule has 4 rings (SSSR count). The van der Waals surface area contributed by atoms with Crippen LogP contribution in [0.1, 0.15) is 28.4 Å². The SMILES string of the molecule is CCOc1cc(/C=C2\SC(=S)N(NC(=O)c3ccccc3)C2=O)cc(I)c1OCc1ccc(Cl)cc1Cl. The molecule has 1 heterocycles. The lowest BCUT2D eigenvalue weighted by Crippen LogP contribution is -2.44. The predicted octanol–water partition coefficient (Wildman–Crippen LogP) is 7.12. The smallest absolute Gasteiger partial charge is 0.285 e. The van der Waals surface area contributed by atoms with E-state index in [-0.39, 0.29) is 10.9 Å². The summed E-state index contributed by atoms with van der Waals surface area (Å²) in [5.41, 5.74) is 4.51. The fourth-order valence-corrected chi connectivity index (χ4v) is 5.76. The zero-order chi connectivity index (χ0) is 26.5. The summed E-state index contributed by atoms with van der Waals surface area (Å²) in [4.78, 5) is 25.9. The first-order valence-electron chi connectivity index (χ1n) is 10.9. The summed E-state index contributed by atoms with van der Waals surface area (Å²) in [5, 5.41) is 2.15. The molecule has 1 fully saturated rings. The van der Waals surface area contributed by atoms with Crippen LogP contribution in [0, 0.1) is 3.57 Å². The summed E-state index contributed by atoms with van der Waals surface area (Å²) < 4.78 is 12.9. The zero-order valence-corrected chi connectivity index (χ0v) is 24.6. The molecule has 0 aromatic heterocycles. The second-order valence-corrected chi connectivity index (χ2v) is 11.3. The molecule has 1 saturated heterocycles. The second-order valence-electron chi connectivity index (χ2n) is 7.61. The Morgan fingerprint density at radius 1 is 1.14 bits per heavy atom. The van der Waals surface area contributed by atoms with Gasteiger partial charge in [0.25, 0.3) is 11.8 Å². The number of hydrazine groups is 1. The Labute approximate surface area is 247 Å². The van der Waals surface area contributed by atoms with Gasteiger partial charge in [-0.05, 0) is 89.8 Å². The van der Waals surface area contributed by atoms with Crippen LogP contribution in [0.2, 0.25) is 10.0 Å². The van der Waals surface area contributed by atoms with Crippen molar-refractivity contribution in [2.45, 2.75) is 13.5 Å². The predicted molar refractivity (Wildman–Crippen MR) is 160 cm³/mol. The van der Waals surface area contributed by atoms with Crippen molar-refractivity contribution < 1.29 is 19.1 Å². The van der Waals surface area contributed by atoms with Crippen LogP contribution in [-0.4, -0.2) is 27.8 Å². The largest absolute Gasteiger partial charge is 0.490 e.